The maximum atomic E-state index is 14.7. The predicted molar refractivity (Wildman–Crippen MR) is 120 cm³/mol. The molecule has 0 aromatic heterocycles. The summed E-state index contributed by atoms with van der Waals surface area (Å²) in [7, 11) is 0. The van der Waals surface area contributed by atoms with E-state index in [2.05, 4.69) is 11.7 Å². The molecule has 2 aromatic rings. The largest absolute Gasteiger partial charge is 0.433 e. The Hall–Kier alpha value is -2.81. The molecule has 0 spiro atoms. The zero-order valence-corrected chi connectivity index (χ0v) is 19.5. The Bertz CT molecular complexity index is 1130. The van der Waals surface area contributed by atoms with Gasteiger partial charge >= 0.3 is 6.11 Å². The Labute approximate surface area is 204 Å². The van der Waals surface area contributed by atoms with E-state index >= 15 is 0 Å². The van der Waals surface area contributed by atoms with E-state index in [1.54, 1.807) is 24.3 Å². The Morgan fingerprint density at radius 3 is 2.19 bits per heavy atom. The average molecular weight is 514 g/mol. The van der Waals surface area contributed by atoms with Crippen LogP contribution in [-0.4, -0.2) is 12.8 Å². The van der Waals surface area contributed by atoms with Crippen LogP contribution < -0.4 is 0 Å². The molecule has 9 heteroatoms. The minimum absolute atomic E-state index is 0.0143. The molecule has 2 aromatic carbocycles. The second-order valence-electron chi connectivity index (χ2n) is 9.09. The number of benzene rings is 2. The molecule has 2 nitrogen and oxygen atoms in total. The third kappa shape index (κ3) is 5.61. The van der Waals surface area contributed by atoms with Crippen molar-refractivity contribution in [3.8, 4) is 11.1 Å². The van der Waals surface area contributed by atoms with Gasteiger partial charge in [-0.1, -0.05) is 37.6 Å². The van der Waals surface area contributed by atoms with Crippen molar-refractivity contribution < 1.29 is 40.2 Å². The topological polar surface area (TPSA) is 18.5 Å². The fourth-order valence-electron chi connectivity index (χ4n) is 4.58. The van der Waals surface area contributed by atoms with Crippen LogP contribution in [0.5, 0.6) is 0 Å². The van der Waals surface area contributed by atoms with Crippen LogP contribution >= 0.6 is 0 Å². The first-order chi connectivity index (χ1) is 17.1. The number of ether oxygens (including phenoxy) is 2. The van der Waals surface area contributed by atoms with Crippen molar-refractivity contribution in [1.29, 1.82) is 0 Å². The molecule has 4 rings (SSSR count). The van der Waals surface area contributed by atoms with E-state index in [1.807, 2.05) is 0 Å². The molecule has 0 N–H and O–H groups in total. The van der Waals surface area contributed by atoms with Crippen molar-refractivity contribution in [3.05, 3.63) is 82.6 Å². The minimum atomic E-state index is -4.59. The van der Waals surface area contributed by atoms with Crippen LogP contribution in [0.4, 0.5) is 30.7 Å². The lowest BCUT2D eigenvalue weighted by molar-refractivity contribution is -0.230. The molecular formula is C27H25F7O2. The van der Waals surface area contributed by atoms with Crippen LogP contribution in [0.25, 0.3) is 11.1 Å². The van der Waals surface area contributed by atoms with Gasteiger partial charge in [-0.3, -0.25) is 0 Å². The second-order valence-corrected chi connectivity index (χ2v) is 9.09. The Morgan fingerprint density at radius 2 is 1.64 bits per heavy atom. The second kappa shape index (κ2) is 10.7. The quantitative estimate of drug-likeness (QED) is 0.344. The molecule has 194 valence electrons. The number of allylic oxidation sites excluding steroid dienone is 4. The molecule has 0 amide bonds. The maximum Gasteiger partial charge on any atom is 0.432 e. The third-order valence-electron chi connectivity index (χ3n) is 6.45. The summed E-state index contributed by atoms with van der Waals surface area (Å²) in [5.41, 5.74) is -0.395. The van der Waals surface area contributed by atoms with Gasteiger partial charge in [0.25, 0.3) is 0 Å². The van der Waals surface area contributed by atoms with Gasteiger partial charge in [-0.05, 0) is 54.0 Å². The van der Waals surface area contributed by atoms with Crippen LogP contribution in [-0.2, 0) is 15.6 Å². The summed E-state index contributed by atoms with van der Waals surface area (Å²) in [4.78, 5) is 0. The molecule has 1 saturated heterocycles. The van der Waals surface area contributed by atoms with Crippen LogP contribution in [0, 0.1) is 17.6 Å². The Kier molecular flexibility index (Phi) is 7.78. The highest BCUT2D eigenvalue weighted by Crippen LogP contribution is 2.41. The highest BCUT2D eigenvalue weighted by atomic mass is 19.3. The Morgan fingerprint density at radius 1 is 0.972 bits per heavy atom. The van der Waals surface area contributed by atoms with Crippen molar-refractivity contribution >= 4 is 0 Å². The van der Waals surface area contributed by atoms with E-state index in [-0.39, 0.29) is 17.7 Å². The SMILES string of the molecule is CCCC1CCC(c2ccc(-c3cc(F)c(C(F)(F)OC4=CC(F)=C(F)C(F)C4)c(F)c3)cc2)OC1. The van der Waals surface area contributed by atoms with Gasteiger partial charge in [0, 0.05) is 12.5 Å². The molecule has 1 aliphatic carbocycles. The smallest absolute Gasteiger partial charge is 0.432 e. The first-order valence-corrected chi connectivity index (χ1v) is 11.8. The number of rotatable bonds is 7. The van der Waals surface area contributed by atoms with Crippen molar-refractivity contribution in [2.75, 3.05) is 6.61 Å². The lowest BCUT2D eigenvalue weighted by atomic mass is 9.91. The first-order valence-electron chi connectivity index (χ1n) is 11.8. The average Bonchev–Trinajstić information content (AvgIpc) is 2.82. The van der Waals surface area contributed by atoms with Crippen LogP contribution in [0.1, 0.15) is 56.3 Å². The standard InChI is InChI=1S/C27H25F7O2/c1-2-3-15-4-9-24(35-14-15)17-7-5-16(6-8-17)18-10-20(28)25(21(29)11-18)27(33,34)36-19-12-22(30)26(32)23(31)13-19/h5-8,10-12,15,23-24H,2-4,9,13-14H2,1H3. The number of alkyl halides is 3. The summed E-state index contributed by atoms with van der Waals surface area (Å²) in [5, 5.41) is 0. The lowest BCUT2D eigenvalue weighted by Gasteiger charge is -2.29. The molecule has 0 radical (unpaired) electrons. The van der Waals surface area contributed by atoms with Crippen molar-refractivity contribution in [1.82, 2.24) is 0 Å². The third-order valence-corrected chi connectivity index (χ3v) is 6.45. The number of hydrogen-bond donors (Lipinski definition) is 0. The van der Waals surface area contributed by atoms with Gasteiger partial charge in [-0.15, -0.1) is 0 Å². The molecule has 3 unspecified atom stereocenters. The molecular weight excluding hydrogens is 489 g/mol. The normalized spacial score (nSPS) is 23.0. The van der Waals surface area contributed by atoms with Crippen LogP contribution in [0.3, 0.4) is 0 Å². The predicted octanol–water partition coefficient (Wildman–Crippen LogP) is 8.74. The van der Waals surface area contributed by atoms with E-state index < -0.39 is 53.3 Å². The number of hydrogen-bond acceptors (Lipinski definition) is 2. The summed E-state index contributed by atoms with van der Waals surface area (Å²) in [6, 6.07) is 8.24. The van der Waals surface area contributed by atoms with Crippen LogP contribution in [0.2, 0.25) is 0 Å². The van der Waals surface area contributed by atoms with Gasteiger partial charge in [0.05, 0.1) is 12.7 Å². The van der Waals surface area contributed by atoms with Gasteiger partial charge in [0.2, 0.25) is 0 Å². The van der Waals surface area contributed by atoms with E-state index in [4.69, 9.17) is 4.74 Å². The monoisotopic (exact) mass is 514 g/mol. The van der Waals surface area contributed by atoms with Gasteiger partial charge in [-0.2, -0.15) is 8.78 Å². The molecule has 1 heterocycles. The van der Waals surface area contributed by atoms with Crippen molar-refractivity contribution in [3.63, 3.8) is 0 Å². The minimum Gasteiger partial charge on any atom is -0.433 e. The zero-order chi connectivity index (χ0) is 26.0. The van der Waals surface area contributed by atoms with Gasteiger partial charge in [-0.25, -0.2) is 22.0 Å². The van der Waals surface area contributed by atoms with Gasteiger partial charge in [0.15, 0.2) is 17.8 Å². The van der Waals surface area contributed by atoms with Crippen molar-refractivity contribution in [2.24, 2.45) is 5.92 Å². The lowest BCUT2D eigenvalue weighted by Crippen LogP contribution is -2.24. The maximum absolute atomic E-state index is 14.7. The molecule has 1 aliphatic heterocycles. The zero-order valence-electron chi connectivity index (χ0n) is 19.5. The number of halogens is 7. The Balaban J connectivity index is 1.51. The molecule has 2 aliphatic rings. The molecule has 0 bridgehead atoms. The highest BCUT2D eigenvalue weighted by molar-refractivity contribution is 5.64. The summed E-state index contributed by atoms with van der Waals surface area (Å²) in [5.74, 6) is -7.12. The van der Waals surface area contributed by atoms with Gasteiger partial charge < -0.3 is 9.47 Å². The highest BCUT2D eigenvalue weighted by Gasteiger charge is 2.43. The molecule has 0 saturated carbocycles. The molecule has 3 atom stereocenters. The van der Waals surface area contributed by atoms with Crippen molar-refractivity contribution in [2.45, 2.75) is 57.4 Å². The van der Waals surface area contributed by atoms with Crippen LogP contribution in [0.15, 0.2) is 59.9 Å². The summed E-state index contributed by atoms with van der Waals surface area (Å²) in [6.07, 6.45) is -3.88. The van der Waals surface area contributed by atoms with Gasteiger partial charge in [0.1, 0.15) is 23.0 Å². The molecule has 1 fully saturated rings. The van der Waals surface area contributed by atoms with E-state index in [0.29, 0.717) is 18.1 Å². The summed E-state index contributed by atoms with van der Waals surface area (Å²) >= 11 is 0. The van der Waals surface area contributed by atoms with E-state index in [1.165, 1.54) is 0 Å². The fraction of sp³-hybridized carbons (Fsp3) is 0.407. The molecule has 36 heavy (non-hydrogen) atoms. The summed E-state index contributed by atoms with van der Waals surface area (Å²) < 4.78 is 109. The first kappa shape index (κ1) is 26.3. The van der Waals surface area contributed by atoms with E-state index in [0.717, 1.165) is 43.4 Å². The fourth-order valence-corrected chi connectivity index (χ4v) is 4.58. The summed E-state index contributed by atoms with van der Waals surface area (Å²) in [6.45, 7) is 2.81. The van der Waals surface area contributed by atoms with E-state index in [9.17, 15) is 30.7 Å².